The fourth-order valence-electron chi connectivity index (χ4n) is 9.29. The van der Waals surface area contributed by atoms with Gasteiger partial charge in [0, 0.05) is 67.3 Å². The average molecular weight is 1170 g/mol. The Hall–Kier alpha value is -5.46. The molecule has 1 aliphatic carbocycles. The maximum absolute atomic E-state index is 14.4. The van der Waals surface area contributed by atoms with Crippen LogP contribution in [0.15, 0.2) is 48.1 Å². The second kappa shape index (κ2) is 28.4. The number of nitrogens with one attached hydrogen (secondary N) is 2. The van der Waals surface area contributed by atoms with Crippen LogP contribution in [0.3, 0.4) is 0 Å². The first-order chi connectivity index (χ1) is 36.4. The molecule has 3 heterocycles. The summed E-state index contributed by atoms with van der Waals surface area (Å²) >= 11 is 9.92. The standard InChI is InChI=1S/C53H76BrClN6O16/c1-32-14-11-19-41(71-10)53(69)30-40(75-49(66)57-53)33(2)47-52(4,77-47)42(29-45(64)61(8)38-27-35(26-32)28-39(70-9)46(38)55)76-48(65)34(3)60(7)44(63)20-24-73-50(67)58(5)22-23-59(6)51(68)74-37-17-12-15-36(16-13-18-37)72-25-21-56-43(62)31-54/h11-12,14,17,19,27-28,33-34,36-37,40-42,47,69H,13,15-16,18,20-26,29-31H2,1-10H3,(H,56,62)(H,57,66)/b17-12+,19-11+,32-14+/t33-,34+,36?,37?,40+,41-,42+,47+,52+,53+/m1/s1. The van der Waals surface area contributed by atoms with Gasteiger partial charge in [0.05, 0.1) is 49.8 Å². The summed E-state index contributed by atoms with van der Waals surface area (Å²) in [5.74, 6) is -2.31. The molecule has 4 aliphatic rings. The van der Waals surface area contributed by atoms with Gasteiger partial charge in [-0.1, -0.05) is 64.3 Å². The zero-order chi connectivity index (χ0) is 56.8. The number of hydrogen-bond acceptors (Lipinski definition) is 16. The number of allylic oxidation sites excluding steroid dienone is 3. The number of methoxy groups -OCH3 is 2. The van der Waals surface area contributed by atoms with Crippen LogP contribution < -0.4 is 20.3 Å². The number of hydrogen-bond donors (Lipinski definition) is 3. The lowest BCUT2D eigenvalue weighted by Crippen LogP contribution is -2.63. The molecule has 1 aromatic rings. The van der Waals surface area contributed by atoms with Gasteiger partial charge >= 0.3 is 24.2 Å². The summed E-state index contributed by atoms with van der Waals surface area (Å²) in [4.78, 5) is 97.3. The summed E-state index contributed by atoms with van der Waals surface area (Å²) in [6.45, 7) is 7.51. The minimum atomic E-state index is -1.89. The van der Waals surface area contributed by atoms with Crippen LogP contribution in [0.2, 0.25) is 5.02 Å². The largest absolute Gasteiger partial charge is 0.495 e. The van der Waals surface area contributed by atoms with E-state index in [1.807, 2.05) is 25.2 Å². The Bertz CT molecular complexity index is 2380. The second-order valence-electron chi connectivity index (χ2n) is 20.1. The lowest BCUT2D eigenvalue weighted by molar-refractivity contribution is -0.162. The van der Waals surface area contributed by atoms with E-state index in [-0.39, 0.29) is 54.9 Å². The predicted octanol–water partition coefficient (Wildman–Crippen LogP) is 5.44. The van der Waals surface area contributed by atoms with Crippen LogP contribution in [0, 0.1) is 5.92 Å². The predicted molar refractivity (Wildman–Crippen MR) is 287 cm³/mol. The van der Waals surface area contributed by atoms with E-state index in [9.17, 15) is 38.7 Å². The summed E-state index contributed by atoms with van der Waals surface area (Å²) in [6.07, 6.45) is 4.81. The number of ether oxygens (including phenoxy) is 8. The number of rotatable bonds is 17. The van der Waals surface area contributed by atoms with Crippen molar-refractivity contribution >= 4 is 75.2 Å². The molecule has 77 heavy (non-hydrogen) atoms. The van der Waals surface area contributed by atoms with Gasteiger partial charge in [-0.05, 0) is 76.6 Å². The molecule has 6 amide bonds. The number of alkyl halides is 1. The van der Waals surface area contributed by atoms with Crippen molar-refractivity contribution in [3.8, 4) is 5.75 Å². The Morgan fingerprint density at radius 1 is 1.04 bits per heavy atom. The number of halogens is 2. The number of amides is 6. The number of carbonyl (C=O) groups is 7. The zero-order valence-corrected chi connectivity index (χ0v) is 48.0. The van der Waals surface area contributed by atoms with Crippen molar-refractivity contribution < 1.29 is 76.6 Å². The minimum absolute atomic E-state index is 0.00415. The molecule has 22 nitrogen and oxygen atoms in total. The van der Waals surface area contributed by atoms with Gasteiger partial charge < -0.3 is 67.9 Å². The highest BCUT2D eigenvalue weighted by molar-refractivity contribution is 9.09. The number of epoxide rings is 1. The third-order valence-electron chi connectivity index (χ3n) is 14.4. The quantitative estimate of drug-likeness (QED) is 0.0439. The van der Waals surface area contributed by atoms with Crippen molar-refractivity contribution in [3.05, 3.63) is 58.7 Å². The number of likely N-dealkylation sites (N-methyl/N-ethyl adjacent to an activating group) is 3. The number of benzene rings is 1. The number of alkyl carbamates (subject to hydrolysis) is 1. The molecule has 0 aromatic heterocycles. The lowest BCUT2D eigenvalue weighted by Gasteiger charge is -2.42. The fourth-order valence-corrected chi connectivity index (χ4v) is 9.80. The van der Waals surface area contributed by atoms with Gasteiger partial charge in [0.15, 0.2) is 5.72 Å². The summed E-state index contributed by atoms with van der Waals surface area (Å²) in [5.41, 5.74) is -1.22. The molecule has 4 bridgehead atoms. The SMILES string of the molecule is COc1cc2cc(c1Cl)N(C)C(=O)C[C@H](OC(=O)[C@H](C)N(C)C(=O)CCOC(=O)N(C)CCN(C)C(=O)OC1/C=C/CC(OCCNC(=O)CBr)CCC1)[C@]1(C)O[C@H]1[C@H](C)[C@@H]1C[C@@](O)(NC(=O)O1)[C@H](OC)/C=C/C=C(\C)C2. The smallest absolute Gasteiger partial charge is 0.410 e. The molecule has 3 N–H and O–H groups in total. The van der Waals surface area contributed by atoms with Gasteiger partial charge in [-0.15, -0.1) is 0 Å². The Labute approximate surface area is 464 Å². The summed E-state index contributed by atoms with van der Waals surface area (Å²) in [5, 5.41) is 17.5. The number of nitrogens with zero attached hydrogens (tertiary/aromatic N) is 4. The molecule has 428 valence electrons. The number of anilines is 1. The molecule has 2 fully saturated rings. The van der Waals surface area contributed by atoms with E-state index in [2.05, 4.69) is 26.6 Å². The molecule has 0 spiro atoms. The number of esters is 1. The first kappa shape index (κ1) is 62.4. The Balaban J connectivity index is 1.18. The number of aliphatic hydroxyl groups is 1. The fraction of sp³-hybridized carbons (Fsp3) is 0.642. The Morgan fingerprint density at radius 2 is 1.75 bits per heavy atom. The molecule has 1 aromatic carbocycles. The van der Waals surface area contributed by atoms with E-state index >= 15 is 0 Å². The van der Waals surface area contributed by atoms with Crippen LogP contribution in [-0.4, -0.2) is 196 Å². The average Bonchev–Trinajstić information content (AvgIpc) is 4.19. The van der Waals surface area contributed by atoms with E-state index in [1.54, 1.807) is 45.2 Å². The molecule has 5 rings (SSSR count). The van der Waals surface area contributed by atoms with Gasteiger partial charge in [0.2, 0.25) is 17.7 Å². The third kappa shape index (κ3) is 17.0. The maximum atomic E-state index is 14.4. The molecule has 24 heteroatoms. The minimum Gasteiger partial charge on any atom is -0.495 e. The van der Waals surface area contributed by atoms with Gasteiger partial charge in [-0.2, -0.15) is 0 Å². The highest BCUT2D eigenvalue weighted by Gasteiger charge is 2.64. The van der Waals surface area contributed by atoms with Crippen LogP contribution in [0.1, 0.15) is 78.2 Å². The van der Waals surface area contributed by atoms with E-state index in [4.69, 9.17) is 49.5 Å². The maximum Gasteiger partial charge on any atom is 0.410 e. The van der Waals surface area contributed by atoms with Crippen LogP contribution in [-0.2, 0) is 58.8 Å². The van der Waals surface area contributed by atoms with Crippen LogP contribution in [0.25, 0.3) is 0 Å². The molecular formula is C53H76BrClN6O16. The number of carbonyl (C=O) groups excluding carboxylic acids is 7. The molecule has 2 saturated heterocycles. The van der Waals surface area contributed by atoms with Crippen LogP contribution in [0.5, 0.6) is 5.75 Å². The van der Waals surface area contributed by atoms with Gasteiger partial charge in [-0.3, -0.25) is 19.7 Å². The third-order valence-corrected chi connectivity index (χ3v) is 15.3. The normalized spacial score (nSPS) is 28.5. The van der Waals surface area contributed by atoms with Crippen LogP contribution >= 0.6 is 27.5 Å². The van der Waals surface area contributed by atoms with E-state index in [0.29, 0.717) is 43.9 Å². The molecule has 10 atom stereocenters. The second-order valence-corrected chi connectivity index (χ2v) is 21.0. The number of fused-ring (bicyclic) bond motifs is 5. The van der Waals surface area contributed by atoms with Crippen molar-refractivity contribution in [3.63, 3.8) is 0 Å². The highest BCUT2D eigenvalue weighted by Crippen LogP contribution is 2.49. The van der Waals surface area contributed by atoms with Crippen molar-refractivity contribution in [2.75, 3.05) is 85.5 Å². The van der Waals surface area contributed by atoms with Crippen molar-refractivity contribution in [2.45, 2.75) is 133 Å². The van der Waals surface area contributed by atoms with Gasteiger partial charge in [0.1, 0.15) is 53.4 Å². The highest BCUT2D eigenvalue weighted by atomic mass is 79.9. The summed E-state index contributed by atoms with van der Waals surface area (Å²) in [7, 11) is 8.85. The first-order valence-electron chi connectivity index (χ1n) is 25.7. The van der Waals surface area contributed by atoms with Crippen molar-refractivity contribution in [1.29, 1.82) is 0 Å². The Kier molecular flexibility index (Phi) is 23.0. The summed E-state index contributed by atoms with van der Waals surface area (Å²) in [6, 6.07) is 2.33. The van der Waals surface area contributed by atoms with Gasteiger partial charge in [-0.25, -0.2) is 19.2 Å². The van der Waals surface area contributed by atoms with Crippen molar-refractivity contribution in [2.24, 2.45) is 5.92 Å². The molecule has 0 saturated carbocycles. The molecule has 2 unspecified atom stereocenters. The molecule has 0 radical (unpaired) electrons. The lowest BCUT2D eigenvalue weighted by atomic mass is 9.83. The van der Waals surface area contributed by atoms with E-state index < -0.39 is 96.3 Å². The molecule has 3 aliphatic heterocycles. The van der Waals surface area contributed by atoms with E-state index in [1.165, 1.54) is 57.0 Å². The van der Waals surface area contributed by atoms with Gasteiger partial charge in [0.25, 0.3) is 0 Å². The topological polar surface area (TPSA) is 254 Å². The van der Waals surface area contributed by atoms with Crippen molar-refractivity contribution in [1.82, 2.24) is 25.3 Å². The van der Waals surface area contributed by atoms with Crippen LogP contribution in [0.4, 0.5) is 20.1 Å². The summed E-state index contributed by atoms with van der Waals surface area (Å²) < 4.78 is 46.3. The monoisotopic (exact) mass is 1170 g/mol. The first-order valence-corrected chi connectivity index (χ1v) is 27.2. The zero-order valence-electron chi connectivity index (χ0n) is 45.7. The van der Waals surface area contributed by atoms with E-state index in [0.717, 1.165) is 28.9 Å². The Morgan fingerprint density at radius 3 is 2.44 bits per heavy atom. The molecular weight excluding hydrogens is 1090 g/mol.